The van der Waals surface area contributed by atoms with Crippen molar-refractivity contribution in [1.82, 2.24) is 10.3 Å². The van der Waals surface area contributed by atoms with E-state index in [0.717, 1.165) is 10.6 Å². The van der Waals surface area contributed by atoms with Crippen LogP contribution in [0.2, 0.25) is 0 Å². The van der Waals surface area contributed by atoms with E-state index in [2.05, 4.69) is 10.3 Å². The van der Waals surface area contributed by atoms with Gasteiger partial charge in [0, 0.05) is 38.2 Å². The molecular formula is C16H18N2O3S. The number of rotatable bonds is 4. The van der Waals surface area contributed by atoms with Crippen molar-refractivity contribution >= 4 is 17.2 Å². The van der Waals surface area contributed by atoms with Crippen LogP contribution in [0.25, 0.3) is 10.6 Å². The van der Waals surface area contributed by atoms with Crippen LogP contribution in [0.1, 0.15) is 22.5 Å². The van der Waals surface area contributed by atoms with Gasteiger partial charge in [-0.1, -0.05) is 30.3 Å². The molecule has 2 aromatic rings. The zero-order valence-electron chi connectivity index (χ0n) is 12.1. The van der Waals surface area contributed by atoms with E-state index >= 15 is 0 Å². The number of thiazole rings is 1. The Bertz CT molecular complexity index is 636. The van der Waals surface area contributed by atoms with Crippen LogP contribution in [0.4, 0.5) is 0 Å². The smallest absolute Gasteiger partial charge is 0.263 e. The molecule has 0 saturated carbocycles. The summed E-state index contributed by atoms with van der Waals surface area (Å²) in [5.41, 5.74) is 0.135. The number of hydrogen-bond donors (Lipinski definition) is 2. The topological polar surface area (TPSA) is 71.5 Å². The molecule has 2 N–H and O–H groups in total. The highest BCUT2D eigenvalue weighted by Gasteiger charge is 2.30. The predicted octanol–water partition coefficient (Wildman–Crippen LogP) is 2.08. The Morgan fingerprint density at radius 1 is 1.32 bits per heavy atom. The third kappa shape index (κ3) is 3.52. The van der Waals surface area contributed by atoms with Gasteiger partial charge in [0.1, 0.15) is 9.88 Å². The minimum absolute atomic E-state index is 0.195. The summed E-state index contributed by atoms with van der Waals surface area (Å²) in [5.74, 6) is -0.195. The molecule has 2 heterocycles. The highest BCUT2D eigenvalue weighted by molar-refractivity contribution is 7.16. The normalized spacial score (nSPS) is 17.1. The number of nitrogens with zero attached hydrogens (tertiary/aromatic N) is 1. The number of aliphatic hydroxyl groups is 1. The van der Waals surface area contributed by atoms with Crippen molar-refractivity contribution in [3.05, 3.63) is 41.4 Å². The number of hydrogen-bond acceptors (Lipinski definition) is 5. The molecule has 1 amide bonds. The van der Waals surface area contributed by atoms with Crippen molar-refractivity contribution in [2.75, 3.05) is 19.8 Å². The van der Waals surface area contributed by atoms with Crippen LogP contribution in [-0.4, -0.2) is 41.4 Å². The molecule has 1 aromatic heterocycles. The Balaban J connectivity index is 1.62. The van der Waals surface area contributed by atoms with E-state index < -0.39 is 5.60 Å². The number of nitrogens with one attached hydrogen (secondary N) is 1. The van der Waals surface area contributed by atoms with Crippen LogP contribution in [0.5, 0.6) is 0 Å². The van der Waals surface area contributed by atoms with Crippen LogP contribution >= 0.6 is 11.3 Å². The van der Waals surface area contributed by atoms with Gasteiger partial charge in [-0.2, -0.15) is 0 Å². The first kappa shape index (κ1) is 15.1. The summed E-state index contributed by atoms with van der Waals surface area (Å²) in [6, 6.07) is 9.75. The van der Waals surface area contributed by atoms with E-state index in [1.807, 2.05) is 30.3 Å². The van der Waals surface area contributed by atoms with E-state index in [4.69, 9.17) is 4.74 Å². The van der Waals surface area contributed by atoms with E-state index in [1.54, 1.807) is 6.20 Å². The number of benzene rings is 1. The molecule has 6 heteroatoms. The lowest BCUT2D eigenvalue weighted by Gasteiger charge is -2.31. The van der Waals surface area contributed by atoms with E-state index in [9.17, 15) is 9.90 Å². The lowest BCUT2D eigenvalue weighted by molar-refractivity contribution is -0.0605. The molecule has 1 saturated heterocycles. The number of carbonyl (C=O) groups excluding carboxylic acids is 1. The van der Waals surface area contributed by atoms with Crippen LogP contribution in [-0.2, 0) is 4.74 Å². The van der Waals surface area contributed by atoms with Gasteiger partial charge in [0.25, 0.3) is 5.91 Å². The summed E-state index contributed by atoms with van der Waals surface area (Å²) in [6.45, 7) is 1.31. The lowest BCUT2D eigenvalue weighted by atomic mass is 9.94. The van der Waals surface area contributed by atoms with Gasteiger partial charge in [-0.05, 0) is 0 Å². The summed E-state index contributed by atoms with van der Waals surface area (Å²) < 4.78 is 5.23. The zero-order valence-corrected chi connectivity index (χ0v) is 12.9. The van der Waals surface area contributed by atoms with Crippen LogP contribution in [0.15, 0.2) is 36.5 Å². The maximum Gasteiger partial charge on any atom is 0.263 e. The Morgan fingerprint density at radius 3 is 2.77 bits per heavy atom. The molecule has 0 spiro atoms. The second-order valence-corrected chi connectivity index (χ2v) is 6.45. The van der Waals surface area contributed by atoms with Crippen molar-refractivity contribution in [3.63, 3.8) is 0 Å². The summed E-state index contributed by atoms with van der Waals surface area (Å²) in [7, 11) is 0. The molecule has 1 aromatic carbocycles. The average Bonchev–Trinajstić information content (AvgIpc) is 3.04. The van der Waals surface area contributed by atoms with Gasteiger partial charge in [0.05, 0.1) is 11.8 Å². The highest BCUT2D eigenvalue weighted by Crippen LogP contribution is 2.25. The number of ether oxygens (including phenoxy) is 1. The molecule has 0 aliphatic carbocycles. The van der Waals surface area contributed by atoms with Gasteiger partial charge in [-0.25, -0.2) is 4.98 Å². The number of aromatic nitrogens is 1. The van der Waals surface area contributed by atoms with Crippen LogP contribution in [0, 0.1) is 0 Å². The Morgan fingerprint density at radius 2 is 2.05 bits per heavy atom. The number of carbonyl (C=O) groups is 1. The van der Waals surface area contributed by atoms with Crippen LogP contribution < -0.4 is 5.32 Å². The lowest BCUT2D eigenvalue weighted by Crippen LogP contribution is -2.46. The van der Waals surface area contributed by atoms with Crippen molar-refractivity contribution in [3.8, 4) is 10.6 Å². The molecule has 1 aliphatic heterocycles. The second-order valence-electron chi connectivity index (χ2n) is 5.42. The van der Waals surface area contributed by atoms with E-state index in [0.29, 0.717) is 30.9 Å². The van der Waals surface area contributed by atoms with Gasteiger partial charge in [-0.15, -0.1) is 11.3 Å². The van der Waals surface area contributed by atoms with Crippen LogP contribution in [0.3, 0.4) is 0 Å². The van der Waals surface area contributed by atoms with Gasteiger partial charge < -0.3 is 15.2 Å². The molecule has 116 valence electrons. The van der Waals surface area contributed by atoms with E-state index in [-0.39, 0.29) is 12.5 Å². The highest BCUT2D eigenvalue weighted by atomic mass is 32.1. The second kappa shape index (κ2) is 6.56. The van der Waals surface area contributed by atoms with Gasteiger partial charge in [-0.3, -0.25) is 4.79 Å². The average molecular weight is 318 g/mol. The third-order valence-electron chi connectivity index (χ3n) is 3.75. The standard InChI is InChI=1S/C16H18N2O3S/c19-14(18-11-16(20)6-8-21-9-7-16)13-10-17-15(22-13)12-4-2-1-3-5-12/h1-5,10,20H,6-9,11H2,(H,18,19). The molecule has 5 nitrogen and oxygen atoms in total. The summed E-state index contributed by atoms with van der Waals surface area (Å²) in [4.78, 5) is 17.0. The fraction of sp³-hybridized carbons (Fsp3) is 0.375. The quantitative estimate of drug-likeness (QED) is 0.905. The first-order valence-corrected chi connectivity index (χ1v) is 8.08. The summed E-state index contributed by atoms with van der Waals surface area (Å²) in [6.07, 6.45) is 2.67. The fourth-order valence-corrected chi connectivity index (χ4v) is 3.19. The van der Waals surface area contributed by atoms with Gasteiger partial charge in [0.2, 0.25) is 0 Å². The maximum absolute atomic E-state index is 12.2. The first-order valence-electron chi connectivity index (χ1n) is 7.26. The van der Waals surface area contributed by atoms with E-state index in [1.165, 1.54) is 11.3 Å². The van der Waals surface area contributed by atoms with Crippen molar-refractivity contribution in [2.24, 2.45) is 0 Å². The molecule has 3 rings (SSSR count). The molecule has 0 bridgehead atoms. The SMILES string of the molecule is O=C(NCC1(O)CCOCC1)c1cnc(-c2ccccc2)s1. The zero-order chi connectivity index (χ0) is 15.4. The maximum atomic E-state index is 12.2. The largest absolute Gasteiger partial charge is 0.388 e. The molecule has 1 fully saturated rings. The Hall–Kier alpha value is -1.76. The Labute approximate surface area is 133 Å². The molecule has 22 heavy (non-hydrogen) atoms. The molecular weight excluding hydrogens is 300 g/mol. The predicted molar refractivity (Wildman–Crippen MR) is 84.9 cm³/mol. The minimum Gasteiger partial charge on any atom is -0.388 e. The molecule has 1 aliphatic rings. The van der Waals surface area contributed by atoms with Crippen molar-refractivity contribution in [1.29, 1.82) is 0 Å². The number of amides is 1. The fourth-order valence-electron chi connectivity index (χ4n) is 2.35. The van der Waals surface area contributed by atoms with Crippen molar-refractivity contribution in [2.45, 2.75) is 18.4 Å². The molecule has 0 radical (unpaired) electrons. The first-order chi connectivity index (χ1) is 10.7. The van der Waals surface area contributed by atoms with Gasteiger partial charge >= 0.3 is 0 Å². The third-order valence-corrected chi connectivity index (χ3v) is 4.80. The summed E-state index contributed by atoms with van der Waals surface area (Å²) >= 11 is 1.35. The minimum atomic E-state index is -0.860. The monoisotopic (exact) mass is 318 g/mol. The van der Waals surface area contributed by atoms with Crippen molar-refractivity contribution < 1.29 is 14.6 Å². The summed E-state index contributed by atoms with van der Waals surface area (Å²) in [5, 5.41) is 14.0. The Kier molecular flexibility index (Phi) is 4.52. The molecule has 0 atom stereocenters. The molecule has 0 unspecified atom stereocenters. The van der Waals surface area contributed by atoms with Gasteiger partial charge in [0.15, 0.2) is 0 Å².